The van der Waals surface area contributed by atoms with Gasteiger partial charge in [-0.25, -0.2) is 4.98 Å². The van der Waals surface area contributed by atoms with Crippen LogP contribution in [-0.2, 0) is 9.47 Å². The number of amides is 2. The Morgan fingerprint density at radius 2 is 1.86 bits per heavy atom. The number of fused-ring (bicyclic) bond motifs is 1. The molecule has 2 aromatic rings. The molecule has 7 heteroatoms. The Morgan fingerprint density at radius 1 is 1.14 bits per heavy atom. The van der Waals surface area contributed by atoms with E-state index in [4.69, 9.17) is 9.47 Å². The summed E-state index contributed by atoms with van der Waals surface area (Å²) in [4.78, 5) is 29.5. The molecule has 1 aromatic carbocycles. The minimum absolute atomic E-state index is 0.147. The summed E-state index contributed by atoms with van der Waals surface area (Å²) >= 11 is 0. The largest absolute Gasteiger partial charge is 0.381 e. The normalized spacial score (nSPS) is 23.6. The van der Waals surface area contributed by atoms with Crippen LogP contribution in [0.25, 0.3) is 0 Å². The molecule has 2 fully saturated rings. The first kappa shape index (κ1) is 18.6. The van der Waals surface area contributed by atoms with Crippen LogP contribution in [0.2, 0.25) is 0 Å². The van der Waals surface area contributed by atoms with Gasteiger partial charge in [-0.1, -0.05) is 30.3 Å². The van der Waals surface area contributed by atoms with Gasteiger partial charge in [0, 0.05) is 37.6 Å². The number of rotatable bonds is 6. The molecule has 146 valence electrons. The number of carbonyl (C=O) groups is 2. The fourth-order valence-corrected chi connectivity index (χ4v) is 3.81. The van der Waals surface area contributed by atoms with Crippen molar-refractivity contribution in [1.82, 2.24) is 15.6 Å². The number of pyridine rings is 1. The molecule has 2 aliphatic rings. The van der Waals surface area contributed by atoms with Crippen molar-refractivity contribution < 1.29 is 19.1 Å². The zero-order valence-corrected chi connectivity index (χ0v) is 15.8. The topological polar surface area (TPSA) is 89.6 Å². The fourth-order valence-electron chi connectivity index (χ4n) is 3.81. The summed E-state index contributed by atoms with van der Waals surface area (Å²) in [5.74, 6) is 0.242. The van der Waals surface area contributed by atoms with Crippen LogP contribution >= 0.6 is 0 Å². The summed E-state index contributed by atoms with van der Waals surface area (Å²) in [5, 5.41) is 5.63. The van der Waals surface area contributed by atoms with Gasteiger partial charge in [-0.3, -0.25) is 9.59 Å². The number of hydrogen-bond acceptors (Lipinski definition) is 5. The maximum Gasteiger partial charge on any atom is 0.269 e. The van der Waals surface area contributed by atoms with E-state index in [0.29, 0.717) is 36.3 Å². The van der Waals surface area contributed by atoms with Crippen molar-refractivity contribution in [1.29, 1.82) is 0 Å². The minimum Gasteiger partial charge on any atom is -0.381 e. The Morgan fingerprint density at radius 3 is 2.50 bits per heavy atom. The van der Waals surface area contributed by atoms with Crippen molar-refractivity contribution in [3.05, 3.63) is 65.0 Å². The molecule has 1 unspecified atom stereocenters. The van der Waals surface area contributed by atoms with E-state index in [1.54, 1.807) is 13.2 Å². The maximum atomic E-state index is 12.8. The maximum absolute atomic E-state index is 12.8. The van der Waals surface area contributed by atoms with Gasteiger partial charge in [0.15, 0.2) is 0 Å². The predicted octanol–water partition coefficient (Wildman–Crippen LogP) is 1.55. The molecular formula is C21H23N3O4. The van der Waals surface area contributed by atoms with Crippen molar-refractivity contribution >= 4 is 11.8 Å². The molecule has 2 N–H and O–H groups in total. The fraction of sp³-hybridized carbons (Fsp3) is 0.381. The third-order valence-corrected chi connectivity index (χ3v) is 5.42. The number of hydrogen-bond donors (Lipinski definition) is 2. The van der Waals surface area contributed by atoms with E-state index in [9.17, 15) is 9.59 Å². The van der Waals surface area contributed by atoms with Gasteiger partial charge in [0.05, 0.1) is 18.9 Å². The van der Waals surface area contributed by atoms with Crippen molar-refractivity contribution in [3.8, 4) is 0 Å². The van der Waals surface area contributed by atoms with Crippen LogP contribution in [0.5, 0.6) is 0 Å². The average Bonchev–Trinajstić information content (AvgIpc) is 3.14. The molecule has 0 bridgehead atoms. The molecule has 1 saturated heterocycles. The lowest BCUT2D eigenvalue weighted by Crippen LogP contribution is -2.31. The highest BCUT2D eigenvalue weighted by Crippen LogP contribution is 2.44. The average molecular weight is 381 g/mol. The Labute approximate surface area is 163 Å². The van der Waals surface area contributed by atoms with Crippen LogP contribution in [0.1, 0.15) is 38.2 Å². The molecule has 0 radical (unpaired) electrons. The Balaban J connectivity index is 1.65. The highest BCUT2D eigenvalue weighted by atomic mass is 16.5. The molecule has 1 aromatic heterocycles. The van der Waals surface area contributed by atoms with E-state index in [1.165, 1.54) is 13.1 Å². The van der Waals surface area contributed by atoms with E-state index in [1.807, 2.05) is 30.3 Å². The SMILES string of the molecule is CNC(=O)c1cc(C(=O)N[C@H]2[C@@H]3COC[C@@H]32)cc(C(OC)c2ccccc2)n1. The zero-order valence-electron chi connectivity index (χ0n) is 15.8. The van der Waals surface area contributed by atoms with E-state index >= 15 is 0 Å². The summed E-state index contributed by atoms with van der Waals surface area (Å²) in [6.07, 6.45) is -0.480. The Bertz CT molecular complexity index is 876. The highest BCUT2D eigenvalue weighted by Gasteiger charge is 2.54. The van der Waals surface area contributed by atoms with Gasteiger partial charge < -0.3 is 20.1 Å². The standard InChI is InChI=1S/C21H23N3O4/c1-22-21(26)17-9-13(20(25)24-18-14-10-28-11-15(14)18)8-16(23-17)19(27-2)12-6-4-3-5-7-12/h3-9,14-15,18-19H,10-11H2,1-2H3,(H,22,26)(H,24,25)/t14-,15+,18+,19?. The molecule has 2 amide bonds. The lowest BCUT2D eigenvalue weighted by atomic mass is 10.0. The van der Waals surface area contributed by atoms with Crippen LogP contribution in [0.15, 0.2) is 42.5 Å². The molecular weight excluding hydrogens is 358 g/mol. The van der Waals surface area contributed by atoms with E-state index < -0.39 is 6.10 Å². The molecule has 1 aliphatic carbocycles. The molecule has 4 atom stereocenters. The smallest absolute Gasteiger partial charge is 0.269 e. The predicted molar refractivity (Wildman–Crippen MR) is 102 cm³/mol. The molecule has 4 rings (SSSR count). The summed E-state index contributed by atoms with van der Waals surface area (Å²) in [5.41, 5.74) is 1.99. The van der Waals surface area contributed by atoms with Crippen LogP contribution < -0.4 is 10.6 Å². The molecule has 0 spiro atoms. The first-order valence-corrected chi connectivity index (χ1v) is 9.32. The van der Waals surface area contributed by atoms with E-state index in [0.717, 1.165) is 5.56 Å². The minimum atomic E-state index is -0.480. The van der Waals surface area contributed by atoms with E-state index in [2.05, 4.69) is 15.6 Å². The number of benzene rings is 1. The zero-order chi connectivity index (χ0) is 19.7. The Kier molecular flexibility index (Phi) is 5.11. The molecule has 1 aliphatic heterocycles. The van der Waals surface area contributed by atoms with Crippen molar-refractivity contribution in [2.45, 2.75) is 12.1 Å². The number of ether oxygens (including phenoxy) is 2. The second-order valence-electron chi connectivity index (χ2n) is 7.14. The monoisotopic (exact) mass is 381 g/mol. The first-order valence-electron chi connectivity index (χ1n) is 9.32. The summed E-state index contributed by atoms with van der Waals surface area (Å²) in [7, 11) is 3.11. The quantitative estimate of drug-likeness (QED) is 0.793. The molecule has 2 heterocycles. The van der Waals surface area contributed by atoms with Gasteiger partial charge in [-0.05, 0) is 17.7 Å². The second kappa shape index (κ2) is 7.69. The van der Waals surface area contributed by atoms with Gasteiger partial charge in [0.1, 0.15) is 11.8 Å². The summed E-state index contributed by atoms with van der Waals surface area (Å²) in [6, 6.07) is 12.9. The van der Waals surface area contributed by atoms with Crippen molar-refractivity contribution in [2.24, 2.45) is 11.8 Å². The lowest BCUT2D eigenvalue weighted by Gasteiger charge is -2.17. The molecule has 1 saturated carbocycles. The third kappa shape index (κ3) is 3.50. The number of methoxy groups -OCH3 is 1. The van der Waals surface area contributed by atoms with Gasteiger partial charge in [0.25, 0.3) is 11.8 Å². The number of carbonyl (C=O) groups excluding carboxylic acids is 2. The van der Waals surface area contributed by atoms with Crippen LogP contribution in [0.3, 0.4) is 0 Å². The summed E-state index contributed by atoms with van der Waals surface area (Å²) in [6.45, 7) is 1.39. The van der Waals surface area contributed by atoms with Crippen LogP contribution in [0, 0.1) is 11.8 Å². The highest BCUT2D eigenvalue weighted by molar-refractivity contribution is 5.99. The van der Waals surface area contributed by atoms with E-state index in [-0.39, 0.29) is 23.6 Å². The number of nitrogens with one attached hydrogen (secondary N) is 2. The molecule has 7 nitrogen and oxygen atoms in total. The van der Waals surface area contributed by atoms with Gasteiger partial charge in [0.2, 0.25) is 0 Å². The van der Waals surface area contributed by atoms with Gasteiger partial charge in [-0.15, -0.1) is 0 Å². The third-order valence-electron chi connectivity index (χ3n) is 5.42. The summed E-state index contributed by atoms with van der Waals surface area (Å²) < 4.78 is 11.0. The van der Waals surface area contributed by atoms with Crippen LogP contribution in [-0.4, -0.2) is 50.2 Å². The Hall–Kier alpha value is -2.77. The van der Waals surface area contributed by atoms with Crippen molar-refractivity contribution in [2.75, 3.05) is 27.4 Å². The number of nitrogens with zero attached hydrogens (tertiary/aromatic N) is 1. The van der Waals surface area contributed by atoms with Crippen molar-refractivity contribution in [3.63, 3.8) is 0 Å². The second-order valence-corrected chi connectivity index (χ2v) is 7.14. The first-order chi connectivity index (χ1) is 13.6. The van der Waals surface area contributed by atoms with Crippen LogP contribution in [0.4, 0.5) is 0 Å². The van der Waals surface area contributed by atoms with Gasteiger partial charge >= 0.3 is 0 Å². The lowest BCUT2D eigenvalue weighted by molar-refractivity contribution is 0.0927. The van der Waals surface area contributed by atoms with Gasteiger partial charge in [-0.2, -0.15) is 0 Å². The molecule has 28 heavy (non-hydrogen) atoms. The number of aromatic nitrogens is 1.